The first-order valence-electron chi connectivity index (χ1n) is 8.33. The number of hydrogen-bond donors (Lipinski definition) is 1. The molecule has 0 bridgehead atoms. The van der Waals surface area contributed by atoms with Crippen molar-refractivity contribution in [2.24, 2.45) is 5.92 Å². The maximum absolute atomic E-state index is 11.8. The van der Waals surface area contributed by atoms with Crippen molar-refractivity contribution in [3.05, 3.63) is 59.7 Å². The van der Waals surface area contributed by atoms with Crippen molar-refractivity contribution in [1.29, 1.82) is 0 Å². The smallest absolute Gasteiger partial charge is 0.308 e. The number of carbonyl (C=O) groups is 1. The van der Waals surface area contributed by atoms with Gasteiger partial charge in [0.2, 0.25) is 0 Å². The molecule has 5 nitrogen and oxygen atoms in total. The highest BCUT2D eigenvalue weighted by Crippen LogP contribution is 2.39. The fraction of sp³-hybridized carbons (Fsp3) is 0.350. The van der Waals surface area contributed by atoms with E-state index in [2.05, 4.69) is 17.0 Å². The standard InChI is InChI=1S/C20H23NO4/c1-24-15-8-9-19(25-2)16(10-15)17-12-21(13-18(17)20(22)23)11-14-6-4-3-5-7-14/h3-10,17-18H,11-13H2,1-2H3,(H,22,23)/t17-,18+/m0/s1. The monoisotopic (exact) mass is 341 g/mol. The van der Waals surface area contributed by atoms with Crippen LogP contribution in [0.4, 0.5) is 0 Å². The van der Waals surface area contributed by atoms with Crippen LogP contribution in [0.3, 0.4) is 0 Å². The summed E-state index contributed by atoms with van der Waals surface area (Å²) in [5.74, 6) is 0.0430. The van der Waals surface area contributed by atoms with Gasteiger partial charge in [-0.05, 0) is 23.8 Å². The average Bonchev–Trinajstić information content (AvgIpc) is 3.06. The number of benzene rings is 2. The zero-order chi connectivity index (χ0) is 17.8. The zero-order valence-corrected chi connectivity index (χ0v) is 14.5. The van der Waals surface area contributed by atoms with Gasteiger partial charge in [-0.3, -0.25) is 9.69 Å². The third-order valence-corrected chi connectivity index (χ3v) is 4.80. The van der Waals surface area contributed by atoms with Gasteiger partial charge in [0.15, 0.2) is 0 Å². The molecule has 1 N–H and O–H groups in total. The van der Waals surface area contributed by atoms with Gasteiger partial charge in [0.05, 0.1) is 20.1 Å². The van der Waals surface area contributed by atoms with Crippen molar-refractivity contribution < 1.29 is 19.4 Å². The summed E-state index contributed by atoms with van der Waals surface area (Å²) < 4.78 is 10.8. The lowest BCUT2D eigenvalue weighted by Crippen LogP contribution is -2.23. The van der Waals surface area contributed by atoms with Crippen LogP contribution in [0.5, 0.6) is 11.5 Å². The summed E-state index contributed by atoms with van der Waals surface area (Å²) in [5, 5.41) is 9.72. The number of carboxylic acids is 1. The number of ether oxygens (including phenoxy) is 2. The number of nitrogens with zero attached hydrogens (tertiary/aromatic N) is 1. The zero-order valence-electron chi connectivity index (χ0n) is 14.5. The molecule has 3 rings (SSSR count). The van der Waals surface area contributed by atoms with Crippen LogP contribution in [0, 0.1) is 5.92 Å². The first-order valence-corrected chi connectivity index (χ1v) is 8.33. The summed E-state index contributed by atoms with van der Waals surface area (Å²) in [6, 6.07) is 15.7. The van der Waals surface area contributed by atoms with Crippen LogP contribution in [0.2, 0.25) is 0 Å². The normalized spacial score (nSPS) is 20.4. The third kappa shape index (κ3) is 3.77. The lowest BCUT2D eigenvalue weighted by molar-refractivity contribution is -0.141. The van der Waals surface area contributed by atoms with E-state index in [1.165, 1.54) is 5.56 Å². The van der Waals surface area contributed by atoms with Crippen molar-refractivity contribution in [2.75, 3.05) is 27.3 Å². The van der Waals surface area contributed by atoms with Gasteiger partial charge in [-0.25, -0.2) is 0 Å². The van der Waals surface area contributed by atoms with Crippen LogP contribution in [0.25, 0.3) is 0 Å². The van der Waals surface area contributed by atoms with Crippen LogP contribution >= 0.6 is 0 Å². The van der Waals surface area contributed by atoms with Crippen LogP contribution in [0.15, 0.2) is 48.5 Å². The van der Waals surface area contributed by atoms with Crippen molar-refractivity contribution in [2.45, 2.75) is 12.5 Å². The average molecular weight is 341 g/mol. The molecule has 1 heterocycles. The van der Waals surface area contributed by atoms with Gasteiger partial charge in [-0.2, -0.15) is 0 Å². The van der Waals surface area contributed by atoms with E-state index in [9.17, 15) is 9.90 Å². The second kappa shape index (κ2) is 7.57. The number of carboxylic acid groups (broad SMARTS) is 1. The lowest BCUT2D eigenvalue weighted by Gasteiger charge is -2.19. The molecule has 0 saturated carbocycles. The number of aliphatic carboxylic acids is 1. The maximum Gasteiger partial charge on any atom is 0.308 e. The summed E-state index contributed by atoms with van der Waals surface area (Å²) in [6.07, 6.45) is 0. The minimum absolute atomic E-state index is 0.133. The quantitative estimate of drug-likeness (QED) is 0.875. The molecular formula is C20H23NO4. The van der Waals surface area contributed by atoms with Crippen molar-refractivity contribution in [3.63, 3.8) is 0 Å². The van der Waals surface area contributed by atoms with Gasteiger partial charge >= 0.3 is 5.97 Å². The number of methoxy groups -OCH3 is 2. The maximum atomic E-state index is 11.8. The second-order valence-corrected chi connectivity index (χ2v) is 6.34. The van der Waals surface area contributed by atoms with E-state index in [0.717, 1.165) is 12.1 Å². The van der Waals surface area contributed by atoms with E-state index in [1.54, 1.807) is 14.2 Å². The molecule has 0 aromatic heterocycles. The predicted molar refractivity (Wildman–Crippen MR) is 95.1 cm³/mol. The Morgan fingerprint density at radius 2 is 1.88 bits per heavy atom. The Hall–Kier alpha value is -2.53. The largest absolute Gasteiger partial charge is 0.497 e. The van der Waals surface area contributed by atoms with Gasteiger partial charge in [0, 0.05) is 31.1 Å². The summed E-state index contributed by atoms with van der Waals surface area (Å²) >= 11 is 0. The van der Waals surface area contributed by atoms with Crippen molar-refractivity contribution in [1.82, 2.24) is 4.90 Å². The van der Waals surface area contributed by atoms with Crippen LogP contribution < -0.4 is 9.47 Å². The lowest BCUT2D eigenvalue weighted by atomic mass is 9.88. The first-order chi connectivity index (χ1) is 12.1. The molecule has 0 unspecified atom stereocenters. The molecule has 1 fully saturated rings. The van der Waals surface area contributed by atoms with E-state index >= 15 is 0 Å². The Morgan fingerprint density at radius 1 is 1.12 bits per heavy atom. The fourth-order valence-corrected chi connectivity index (χ4v) is 3.55. The highest BCUT2D eigenvalue weighted by atomic mass is 16.5. The Labute approximate surface area is 147 Å². The Kier molecular flexibility index (Phi) is 5.24. The van der Waals surface area contributed by atoms with E-state index < -0.39 is 11.9 Å². The van der Waals surface area contributed by atoms with E-state index in [1.807, 2.05) is 36.4 Å². The molecule has 1 aliphatic rings. The summed E-state index contributed by atoms with van der Waals surface area (Å²) in [4.78, 5) is 14.0. The van der Waals surface area contributed by atoms with Crippen molar-refractivity contribution >= 4 is 5.97 Å². The molecule has 25 heavy (non-hydrogen) atoms. The number of hydrogen-bond acceptors (Lipinski definition) is 4. The van der Waals surface area contributed by atoms with Crippen LogP contribution in [0.1, 0.15) is 17.0 Å². The summed E-state index contributed by atoms with van der Waals surface area (Å²) in [6.45, 7) is 1.94. The van der Waals surface area contributed by atoms with Gasteiger partial charge in [-0.15, -0.1) is 0 Å². The van der Waals surface area contributed by atoms with E-state index in [0.29, 0.717) is 24.6 Å². The molecule has 132 valence electrons. The predicted octanol–water partition coefficient (Wildman–Crippen LogP) is 3.00. The van der Waals surface area contributed by atoms with Gasteiger partial charge in [-0.1, -0.05) is 30.3 Å². The minimum atomic E-state index is -0.773. The molecule has 2 atom stereocenters. The molecular weight excluding hydrogens is 318 g/mol. The fourth-order valence-electron chi connectivity index (χ4n) is 3.55. The van der Waals surface area contributed by atoms with Crippen LogP contribution in [-0.4, -0.2) is 43.3 Å². The van der Waals surface area contributed by atoms with E-state index in [-0.39, 0.29) is 5.92 Å². The molecule has 5 heteroatoms. The number of likely N-dealkylation sites (tertiary alicyclic amines) is 1. The van der Waals surface area contributed by atoms with Gasteiger partial charge in [0.25, 0.3) is 0 Å². The van der Waals surface area contributed by atoms with Gasteiger partial charge in [0.1, 0.15) is 11.5 Å². The molecule has 0 amide bonds. The SMILES string of the molecule is COc1ccc(OC)c([C@@H]2CN(Cc3ccccc3)C[C@H]2C(=O)O)c1. The second-order valence-electron chi connectivity index (χ2n) is 6.34. The third-order valence-electron chi connectivity index (χ3n) is 4.80. The topological polar surface area (TPSA) is 59.0 Å². The molecule has 0 spiro atoms. The highest BCUT2D eigenvalue weighted by Gasteiger charge is 2.39. The highest BCUT2D eigenvalue weighted by molar-refractivity contribution is 5.72. The molecule has 1 saturated heterocycles. The Balaban J connectivity index is 1.88. The van der Waals surface area contributed by atoms with Gasteiger partial charge < -0.3 is 14.6 Å². The molecule has 0 aliphatic carbocycles. The molecule has 1 aliphatic heterocycles. The molecule has 2 aromatic rings. The van der Waals surface area contributed by atoms with E-state index in [4.69, 9.17) is 9.47 Å². The molecule has 0 radical (unpaired) electrons. The molecule has 2 aromatic carbocycles. The summed E-state index contributed by atoms with van der Waals surface area (Å²) in [5.41, 5.74) is 2.08. The first kappa shape index (κ1) is 17.3. The Bertz CT molecular complexity index is 732. The van der Waals surface area contributed by atoms with Crippen LogP contribution in [-0.2, 0) is 11.3 Å². The minimum Gasteiger partial charge on any atom is -0.497 e. The van der Waals surface area contributed by atoms with Crippen molar-refractivity contribution in [3.8, 4) is 11.5 Å². The Morgan fingerprint density at radius 3 is 2.52 bits per heavy atom. The number of rotatable bonds is 6. The summed E-state index contributed by atoms with van der Waals surface area (Å²) in [7, 11) is 3.22.